The highest BCUT2D eigenvalue weighted by Gasteiger charge is 2.27. The lowest BCUT2D eigenvalue weighted by molar-refractivity contribution is -0.119. The number of benzene rings is 1. The average molecular weight is 454 g/mol. The molecule has 172 valence electrons. The molecule has 1 N–H and O–H groups in total. The average Bonchev–Trinajstić information content (AvgIpc) is 2.80. The lowest BCUT2D eigenvalue weighted by Crippen LogP contribution is -2.45. The van der Waals surface area contributed by atoms with E-state index in [0.29, 0.717) is 31.4 Å². The van der Waals surface area contributed by atoms with Crippen LogP contribution in [0.1, 0.15) is 49.0 Å². The van der Waals surface area contributed by atoms with Crippen molar-refractivity contribution < 1.29 is 18.7 Å². The number of fused-ring (bicyclic) bond motifs is 1. The van der Waals surface area contributed by atoms with Gasteiger partial charge in [0.15, 0.2) is 5.65 Å². The molecule has 1 aliphatic carbocycles. The van der Waals surface area contributed by atoms with Crippen molar-refractivity contribution >= 4 is 22.9 Å². The van der Waals surface area contributed by atoms with Crippen molar-refractivity contribution in [3.05, 3.63) is 68.7 Å². The van der Waals surface area contributed by atoms with E-state index in [4.69, 9.17) is 4.74 Å². The van der Waals surface area contributed by atoms with E-state index in [1.807, 2.05) is 0 Å². The number of methoxy groups -OCH3 is 1. The number of esters is 1. The second kappa shape index (κ2) is 8.97. The molecule has 1 saturated carbocycles. The third-order valence-corrected chi connectivity index (χ3v) is 5.89. The van der Waals surface area contributed by atoms with Crippen molar-refractivity contribution in [3.8, 4) is 5.69 Å². The van der Waals surface area contributed by atoms with Crippen LogP contribution in [-0.2, 0) is 9.53 Å². The Kier molecular flexibility index (Phi) is 6.08. The Morgan fingerprint density at radius 2 is 1.88 bits per heavy atom. The van der Waals surface area contributed by atoms with Gasteiger partial charge in [-0.05, 0) is 49.9 Å². The molecule has 2 aromatic heterocycles. The maximum atomic E-state index is 14.0. The topological polar surface area (TPSA) is 112 Å². The zero-order valence-corrected chi connectivity index (χ0v) is 18.2. The van der Waals surface area contributed by atoms with Gasteiger partial charge < -0.3 is 10.1 Å². The van der Waals surface area contributed by atoms with Crippen LogP contribution in [0.4, 0.5) is 4.39 Å². The number of halogens is 1. The van der Waals surface area contributed by atoms with E-state index in [-0.39, 0.29) is 28.5 Å². The van der Waals surface area contributed by atoms with Crippen LogP contribution in [0.2, 0.25) is 0 Å². The van der Waals surface area contributed by atoms with Gasteiger partial charge >= 0.3 is 11.7 Å². The van der Waals surface area contributed by atoms with Gasteiger partial charge in [-0.2, -0.15) is 0 Å². The Morgan fingerprint density at radius 1 is 1.15 bits per heavy atom. The van der Waals surface area contributed by atoms with Crippen LogP contribution in [0.25, 0.3) is 16.7 Å². The molecule has 33 heavy (non-hydrogen) atoms. The third kappa shape index (κ3) is 4.28. The standard InChI is InChI=1S/C23H23FN4O5/c1-13(29)26-16-6-8-17(9-7-16)28-21(30)19-11-15(24)12-25-20(19)27(23(28)32)18-5-3-4-14(10-18)22(31)33-2/h3-5,10-12,16-17H,6-9H2,1-2H3,(H,26,29). The Hall–Kier alpha value is -3.82. The molecule has 0 bridgehead atoms. The molecular weight excluding hydrogens is 431 g/mol. The molecule has 0 spiro atoms. The molecule has 0 unspecified atom stereocenters. The number of carbonyl (C=O) groups excluding carboxylic acids is 2. The van der Waals surface area contributed by atoms with Gasteiger partial charge in [-0.1, -0.05) is 6.07 Å². The van der Waals surface area contributed by atoms with E-state index in [2.05, 4.69) is 10.3 Å². The van der Waals surface area contributed by atoms with Crippen molar-refractivity contribution in [2.45, 2.75) is 44.7 Å². The first kappa shape index (κ1) is 22.4. The Balaban J connectivity index is 1.88. The summed E-state index contributed by atoms with van der Waals surface area (Å²) >= 11 is 0. The highest BCUT2D eigenvalue weighted by Crippen LogP contribution is 2.27. The molecule has 0 atom stereocenters. The van der Waals surface area contributed by atoms with Crippen LogP contribution in [0.5, 0.6) is 0 Å². The summed E-state index contributed by atoms with van der Waals surface area (Å²) in [5.74, 6) is -1.41. The molecule has 1 amide bonds. The van der Waals surface area contributed by atoms with E-state index in [1.165, 1.54) is 30.7 Å². The number of hydrogen-bond acceptors (Lipinski definition) is 6. The number of amides is 1. The Bertz CT molecular complexity index is 1360. The summed E-state index contributed by atoms with van der Waals surface area (Å²) in [6.45, 7) is 1.45. The van der Waals surface area contributed by atoms with Crippen LogP contribution in [0, 0.1) is 5.82 Å². The van der Waals surface area contributed by atoms with Crippen molar-refractivity contribution in [2.24, 2.45) is 0 Å². The van der Waals surface area contributed by atoms with Crippen molar-refractivity contribution in [1.82, 2.24) is 19.4 Å². The molecule has 1 fully saturated rings. The van der Waals surface area contributed by atoms with Crippen LogP contribution in [0.15, 0.2) is 46.1 Å². The minimum Gasteiger partial charge on any atom is -0.465 e. The van der Waals surface area contributed by atoms with Gasteiger partial charge in [0.25, 0.3) is 5.56 Å². The predicted octanol–water partition coefficient (Wildman–Crippen LogP) is 2.09. The second-order valence-electron chi connectivity index (χ2n) is 8.07. The van der Waals surface area contributed by atoms with E-state index >= 15 is 0 Å². The van der Waals surface area contributed by atoms with Crippen molar-refractivity contribution in [2.75, 3.05) is 7.11 Å². The number of carbonyl (C=O) groups is 2. The van der Waals surface area contributed by atoms with Gasteiger partial charge in [0.2, 0.25) is 5.91 Å². The largest absolute Gasteiger partial charge is 0.465 e. The normalized spacial score (nSPS) is 18.2. The number of hydrogen-bond donors (Lipinski definition) is 1. The van der Waals surface area contributed by atoms with Crippen LogP contribution >= 0.6 is 0 Å². The summed E-state index contributed by atoms with van der Waals surface area (Å²) < 4.78 is 21.1. The molecule has 3 aromatic rings. The summed E-state index contributed by atoms with van der Waals surface area (Å²) in [5.41, 5.74) is -0.739. The Morgan fingerprint density at radius 3 is 2.55 bits per heavy atom. The fourth-order valence-corrected chi connectivity index (χ4v) is 4.39. The molecule has 4 rings (SSSR count). The van der Waals surface area contributed by atoms with Crippen LogP contribution in [-0.4, -0.2) is 39.1 Å². The van der Waals surface area contributed by atoms with Crippen molar-refractivity contribution in [3.63, 3.8) is 0 Å². The maximum Gasteiger partial charge on any atom is 0.337 e. The molecule has 10 heteroatoms. The summed E-state index contributed by atoms with van der Waals surface area (Å²) in [5, 5.41) is 2.83. The van der Waals surface area contributed by atoms with E-state index in [0.717, 1.165) is 16.8 Å². The molecule has 1 aliphatic rings. The lowest BCUT2D eigenvalue weighted by Gasteiger charge is -2.30. The number of nitrogens with one attached hydrogen (secondary N) is 1. The number of ether oxygens (including phenoxy) is 1. The quantitative estimate of drug-likeness (QED) is 0.604. The van der Waals surface area contributed by atoms with E-state index in [9.17, 15) is 23.6 Å². The van der Waals surface area contributed by atoms with Gasteiger partial charge in [0, 0.05) is 19.0 Å². The van der Waals surface area contributed by atoms with E-state index in [1.54, 1.807) is 12.1 Å². The fraction of sp³-hybridized carbons (Fsp3) is 0.348. The zero-order chi connectivity index (χ0) is 23.7. The Labute approximate surface area is 187 Å². The summed E-state index contributed by atoms with van der Waals surface area (Å²) in [6.07, 6.45) is 3.14. The van der Waals surface area contributed by atoms with Gasteiger partial charge in [-0.25, -0.2) is 23.5 Å². The molecule has 0 aliphatic heterocycles. The summed E-state index contributed by atoms with van der Waals surface area (Å²) in [4.78, 5) is 54.2. The first-order chi connectivity index (χ1) is 15.8. The first-order valence-electron chi connectivity index (χ1n) is 10.6. The van der Waals surface area contributed by atoms with Crippen molar-refractivity contribution in [1.29, 1.82) is 0 Å². The highest BCUT2D eigenvalue weighted by atomic mass is 19.1. The second-order valence-corrected chi connectivity index (χ2v) is 8.07. The summed E-state index contributed by atoms with van der Waals surface area (Å²) in [6, 6.07) is 6.79. The van der Waals surface area contributed by atoms with Gasteiger partial charge in [0.05, 0.1) is 29.9 Å². The summed E-state index contributed by atoms with van der Waals surface area (Å²) in [7, 11) is 1.25. The zero-order valence-electron chi connectivity index (χ0n) is 18.2. The number of aromatic nitrogens is 3. The first-order valence-corrected chi connectivity index (χ1v) is 10.6. The smallest absolute Gasteiger partial charge is 0.337 e. The molecule has 1 aromatic carbocycles. The lowest BCUT2D eigenvalue weighted by atomic mass is 9.91. The number of pyridine rings is 1. The molecule has 2 heterocycles. The number of nitrogens with zero attached hydrogens (tertiary/aromatic N) is 3. The van der Waals surface area contributed by atoms with Gasteiger partial charge in [-0.15, -0.1) is 0 Å². The minimum absolute atomic E-state index is 0.00315. The molecular formula is C23H23FN4O5. The fourth-order valence-electron chi connectivity index (χ4n) is 4.39. The minimum atomic E-state index is -0.700. The van der Waals surface area contributed by atoms with Gasteiger partial charge in [-0.3, -0.25) is 14.2 Å². The number of rotatable bonds is 4. The molecule has 9 nitrogen and oxygen atoms in total. The van der Waals surface area contributed by atoms with Crippen LogP contribution < -0.4 is 16.6 Å². The molecule has 0 saturated heterocycles. The third-order valence-electron chi connectivity index (χ3n) is 5.89. The highest BCUT2D eigenvalue weighted by molar-refractivity contribution is 5.90. The van der Waals surface area contributed by atoms with Crippen LogP contribution in [0.3, 0.4) is 0 Å². The monoisotopic (exact) mass is 454 g/mol. The van der Waals surface area contributed by atoms with E-state index < -0.39 is 29.1 Å². The molecule has 0 radical (unpaired) electrons. The maximum absolute atomic E-state index is 14.0. The SMILES string of the molecule is COC(=O)c1cccc(-n2c(=O)n(C3CCC(NC(C)=O)CC3)c(=O)c3cc(F)cnc32)c1. The van der Waals surface area contributed by atoms with Gasteiger partial charge in [0.1, 0.15) is 5.82 Å². The predicted molar refractivity (Wildman–Crippen MR) is 118 cm³/mol.